The second kappa shape index (κ2) is 8.76. The van der Waals surface area contributed by atoms with Crippen LogP contribution >= 0.6 is 0 Å². The van der Waals surface area contributed by atoms with E-state index < -0.39 is 30.3 Å². The molecule has 0 unspecified atom stereocenters. The second-order valence-electron chi connectivity index (χ2n) is 6.89. The molecule has 32 heavy (non-hydrogen) atoms. The average molecular weight is 434 g/mol. The van der Waals surface area contributed by atoms with Crippen molar-refractivity contribution >= 4 is 29.4 Å². The number of hydrogen-bond donors (Lipinski definition) is 1. The second-order valence-corrected chi connectivity index (χ2v) is 6.89. The van der Waals surface area contributed by atoms with Crippen LogP contribution in [-0.4, -0.2) is 42.3 Å². The monoisotopic (exact) mass is 434 g/mol. The third-order valence-corrected chi connectivity index (χ3v) is 4.81. The van der Waals surface area contributed by atoms with E-state index >= 15 is 0 Å². The number of ether oxygens (including phenoxy) is 2. The molecule has 1 aliphatic rings. The number of carbonyl (C=O) groups excluding carboxylic acids is 4. The molecule has 4 rings (SSSR count). The van der Waals surface area contributed by atoms with Crippen LogP contribution in [0.25, 0.3) is 0 Å². The van der Waals surface area contributed by atoms with Gasteiger partial charge in [0.1, 0.15) is 11.5 Å². The first-order valence-corrected chi connectivity index (χ1v) is 9.60. The lowest BCUT2D eigenvalue weighted by molar-refractivity contribution is -0.119. The lowest BCUT2D eigenvalue weighted by Gasteiger charge is -2.11. The van der Waals surface area contributed by atoms with E-state index in [2.05, 4.69) is 5.32 Å². The molecule has 2 heterocycles. The molecule has 0 radical (unpaired) electrons. The van der Waals surface area contributed by atoms with Crippen LogP contribution in [-0.2, 0) is 16.1 Å². The fourth-order valence-corrected chi connectivity index (χ4v) is 3.21. The van der Waals surface area contributed by atoms with Gasteiger partial charge in [0.05, 0.1) is 36.6 Å². The van der Waals surface area contributed by atoms with Crippen LogP contribution in [0.2, 0.25) is 0 Å². The molecule has 3 amide bonds. The maximum Gasteiger partial charge on any atom is 0.338 e. The Morgan fingerprint density at radius 2 is 1.75 bits per heavy atom. The number of rotatable bonds is 7. The third kappa shape index (κ3) is 4.22. The van der Waals surface area contributed by atoms with Crippen LogP contribution in [0.3, 0.4) is 0 Å². The molecule has 0 saturated carbocycles. The lowest BCUT2D eigenvalue weighted by Crippen LogP contribution is -2.28. The van der Waals surface area contributed by atoms with Crippen LogP contribution in [0.1, 0.15) is 36.8 Å². The number of amides is 3. The Kier molecular flexibility index (Phi) is 5.71. The predicted molar refractivity (Wildman–Crippen MR) is 111 cm³/mol. The number of methoxy groups -OCH3 is 1. The molecule has 1 aromatic heterocycles. The predicted octanol–water partition coefficient (Wildman–Crippen LogP) is 2.88. The highest BCUT2D eigenvalue weighted by Crippen LogP contribution is 2.26. The number of nitrogens with one attached hydrogen (secondary N) is 1. The van der Waals surface area contributed by atoms with Gasteiger partial charge in [0.25, 0.3) is 17.7 Å². The van der Waals surface area contributed by atoms with Gasteiger partial charge in [0.15, 0.2) is 6.61 Å². The highest BCUT2D eigenvalue weighted by atomic mass is 16.5. The lowest BCUT2D eigenvalue weighted by atomic mass is 10.1. The quantitative estimate of drug-likeness (QED) is 0.449. The topological polar surface area (TPSA) is 115 Å². The highest BCUT2D eigenvalue weighted by Gasteiger charge is 2.36. The molecule has 0 atom stereocenters. The van der Waals surface area contributed by atoms with E-state index in [0.717, 1.165) is 4.90 Å². The van der Waals surface area contributed by atoms with Gasteiger partial charge in [-0.1, -0.05) is 0 Å². The molecule has 0 fully saturated rings. The summed E-state index contributed by atoms with van der Waals surface area (Å²) in [5, 5.41) is 2.60. The summed E-state index contributed by atoms with van der Waals surface area (Å²) in [5.41, 5.74) is 0.862. The van der Waals surface area contributed by atoms with Crippen molar-refractivity contribution in [1.82, 2.24) is 4.90 Å². The summed E-state index contributed by atoms with van der Waals surface area (Å²) < 4.78 is 15.3. The molecule has 9 nitrogen and oxygen atoms in total. The SMILES string of the molecule is COc1ccc(NC(=O)COC(=O)c2ccc3c(c2)C(=O)N(Cc2ccco2)C3=O)cc1. The number of nitrogens with zero attached hydrogens (tertiary/aromatic N) is 1. The summed E-state index contributed by atoms with van der Waals surface area (Å²) in [6.07, 6.45) is 1.45. The van der Waals surface area contributed by atoms with Gasteiger partial charge >= 0.3 is 5.97 Å². The number of carbonyl (C=O) groups is 4. The zero-order valence-corrected chi connectivity index (χ0v) is 17.0. The van der Waals surface area contributed by atoms with Crippen LogP contribution in [0, 0.1) is 0 Å². The van der Waals surface area contributed by atoms with E-state index in [1.807, 2.05) is 0 Å². The number of imide groups is 1. The van der Waals surface area contributed by atoms with Crippen molar-refractivity contribution in [2.75, 3.05) is 19.0 Å². The Morgan fingerprint density at radius 3 is 2.44 bits per heavy atom. The van der Waals surface area contributed by atoms with E-state index in [9.17, 15) is 19.2 Å². The van der Waals surface area contributed by atoms with Gasteiger partial charge in [0.2, 0.25) is 0 Å². The van der Waals surface area contributed by atoms with Gasteiger partial charge < -0.3 is 19.2 Å². The molecule has 1 N–H and O–H groups in total. The first-order valence-electron chi connectivity index (χ1n) is 9.60. The fraction of sp³-hybridized carbons (Fsp3) is 0.130. The van der Waals surface area contributed by atoms with Crippen LogP contribution in [0.5, 0.6) is 5.75 Å². The number of esters is 1. The van der Waals surface area contributed by atoms with Gasteiger partial charge in [-0.3, -0.25) is 19.3 Å². The molecular formula is C23H18N2O7. The van der Waals surface area contributed by atoms with E-state index in [1.165, 1.54) is 31.6 Å². The zero-order valence-electron chi connectivity index (χ0n) is 17.0. The smallest absolute Gasteiger partial charge is 0.338 e. The van der Waals surface area contributed by atoms with Crippen molar-refractivity contribution in [3.8, 4) is 5.75 Å². The normalized spacial score (nSPS) is 12.5. The molecule has 0 saturated heterocycles. The molecule has 0 bridgehead atoms. The van der Waals surface area contributed by atoms with Crippen molar-refractivity contribution in [3.63, 3.8) is 0 Å². The Bertz CT molecular complexity index is 1180. The van der Waals surface area contributed by atoms with Crippen molar-refractivity contribution in [1.29, 1.82) is 0 Å². The van der Waals surface area contributed by atoms with E-state index in [0.29, 0.717) is 17.2 Å². The minimum Gasteiger partial charge on any atom is -0.497 e. The van der Waals surface area contributed by atoms with Gasteiger partial charge in [-0.2, -0.15) is 0 Å². The molecule has 3 aromatic rings. The average Bonchev–Trinajstić information content (AvgIpc) is 3.41. The van der Waals surface area contributed by atoms with Gasteiger partial charge in [0, 0.05) is 5.69 Å². The number of furan rings is 1. The van der Waals surface area contributed by atoms with E-state index in [1.54, 1.807) is 36.4 Å². The van der Waals surface area contributed by atoms with Crippen LogP contribution < -0.4 is 10.1 Å². The van der Waals surface area contributed by atoms with Crippen molar-refractivity contribution in [2.45, 2.75) is 6.54 Å². The van der Waals surface area contributed by atoms with Gasteiger partial charge in [-0.15, -0.1) is 0 Å². The summed E-state index contributed by atoms with van der Waals surface area (Å²) in [6, 6.07) is 14.0. The maximum absolute atomic E-state index is 12.7. The van der Waals surface area contributed by atoms with Crippen LogP contribution in [0.4, 0.5) is 5.69 Å². The zero-order chi connectivity index (χ0) is 22.7. The third-order valence-electron chi connectivity index (χ3n) is 4.81. The summed E-state index contributed by atoms with van der Waals surface area (Å²) >= 11 is 0. The Morgan fingerprint density at radius 1 is 1.00 bits per heavy atom. The molecule has 1 aliphatic heterocycles. The number of hydrogen-bond acceptors (Lipinski definition) is 7. The largest absolute Gasteiger partial charge is 0.497 e. The number of anilines is 1. The van der Waals surface area contributed by atoms with Gasteiger partial charge in [-0.25, -0.2) is 4.79 Å². The Labute approximate surface area is 182 Å². The molecule has 0 aliphatic carbocycles. The van der Waals surface area contributed by atoms with E-state index in [4.69, 9.17) is 13.9 Å². The minimum atomic E-state index is -0.789. The van der Waals surface area contributed by atoms with E-state index in [-0.39, 0.29) is 23.2 Å². The summed E-state index contributed by atoms with van der Waals surface area (Å²) in [6.45, 7) is -0.524. The fourth-order valence-electron chi connectivity index (χ4n) is 3.21. The van der Waals surface area contributed by atoms with Gasteiger partial charge in [-0.05, 0) is 54.6 Å². The van der Waals surface area contributed by atoms with Crippen LogP contribution in [0.15, 0.2) is 65.3 Å². The highest BCUT2D eigenvalue weighted by molar-refractivity contribution is 6.21. The Balaban J connectivity index is 1.38. The first kappa shape index (κ1) is 20.9. The van der Waals surface area contributed by atoms with Crippen molar-refractivity contribution in [2.24, 2.45) is 0 Å². The summed E-state index contributed by atoms with van der Waals surface area (Å²) in [4.78, 5) is 50.6. The molecule has 0 spiro atoms. The Hall–Kier alpha value is -4.40. The van der Waals surface area contributed by atoms with Crippen molar-refractivity contribution in [3.05, 3.63) is 83.3 Å². The molecule has 9 heteroatoms. The molecule has 162 valence electrons. The molecule has 2 aromatic carbocycles. The maximum atomic E-state index is 12.7. The summed E-state index contributed by atoms with van der Waals surface area (Å²) in [5.74, 6) is -1.22. The standard InChI is InChI=1S/C23H18N2O7/c1-30-16-7-5-15(6-8-16)24-20(26)13-32-23(29)14-4-9-18-19(11-14)22(28)25(21(18)27)12-17-3-2-10-31-17/h2-11H,12-13H2,1H3,(H,24,26). The summed E-state index contributed by atoms with van der Waals surface area (Å²) in [7, 11) is 1.53. The van der Waals surface area contributed by atoms with Crippen molar-refractivity contribution < 1.29 is 33.1 Å². The minimum absolute atomic E-state index is 0.00927. The molecular weight excluding hydrogens is 416 g/mol. The number of fused-ring (bicyclic) bond motifs is 1. The number of benzene rings is 2. The first-order chi connectivity index (χ1) is 15.5.